The van der Waals surface area contributed by atoms with Crippen LogP contribution in [0, 0.1) is 27.7 Å². The number of ether oxygens (including phenoxy) is 6. The summed E-state index contributed by atoms with van der Waals surface area (Å²) in [7, 11) is 0. The SMILES string of the molecule is C=C(C)C(=O)OCCCCNC(=O)CN1C(=O)c2cc(Oc3ccc(C)cc3)c3c4c(Oc5ccc(C)cc5)cc5c6c(cc(Oc7ccc(C)cc7)c(c7c(Oc8ccc(C)cc8)cc(c2c37)C1=O)c64)C(=O)N(CC(=O)NCCCCOC(=O)C(=C)C)C5=O. The number of amides is 6. The fourth-order valence-corrected chi connectivity index (χ4v) is 11.0. The molecular formula is C72H64N4O14. The van der Waals surface area contributed by atoms with Gasteiger partial charge in [0.1, 0.15) is 59.1 Å². The van der Waals surface area contributed by atoms with Gasteiger partial charge >= 0.3 is 11.9 Å². The zero-order valence-corrected chi connectivity index (χ0v) is 50.6. The molecule has 0 radical (unpaired) electrons. The Kier molecular flexibility index (Phi) is 17.2. The van der Waals surface area contributed by atoms with E-state index >= 15 is 19.2 Å². The molecule has 11 rings (SSSR count). The Bertz CT molecular complexity index is 3950. The van der Waals surface area contributed by atoms with Crippen molar-refractivity contribution < 1.29 is 66.8 Å². The standard InChI is InChI=1S/C72H64N4O14/c1-39(2)71(83)85-31-11-9-29-73-57(77)37-75-67(79)49-33-53(87-45-21-13-41(5)14-22-45)61-63-55(89-47-25-17-43(7)18-26-47)35-51-60-52(70(82)76(69(51)81)38-58(78)74-30-10-12-32-86-72(84)40(3)4)36-56(90-48-27-19-44(8)20-28-48)64(66(60)63)62-54(88-46-23-15-42(6)16-24-46)34-50(68(75)80)59(49)65(61)62/h13-28,33-36H,1,3,9-12,29-32,37-38H2,2,4-8H3,(H,73,77)(H,74,78). The zero-order chi connectivity index (χ0) is 63.7. The highest BCUT2D eigenvalue weighted by Crippen LogP contribution is 2.58. The molecule has 2 aliphatic rings. The maximum absolute atomic E-state index is 15.4. The van der Waals surface area contributed by atoms with Crippen molar-refractivity contribution in [1.82, 2.24) is 20.4 Å². The Morgan fingerprint density at radius 3 is 0.878 bits per heavy atom. The van der Waals surface area contributed by atoms with E-state index in [2.05, 4.69) is 23.8 Å². The summed E-state index contributed by atoms with van der Waals surface area (Å²) >= 11 is 0. The molecule has 0 bridgehead atoms. The number of esters is 2. The summed E-state index contributed by atoms with van der Waals surface area (Å²) in [6, 6.07) is 35.1. The minimum Gasteiger partial charge on any atom is -0.462 e. The minimum atomic E-state index is -0.805. The van der Waals surface area contributed by atoms with E-state index in [-0.39, 0.29) is 126 Å². The molecule has 2 aliphatic heterocycles. The zero-order valence-electron chi connectivity index (χ0n) is 50.6. The van der Waals surface area contributed by atoms with Crippen molar-refractivity contribution in [1.29, 1.82) is 0 Å². The first kappa shape index (κ1) is 60.8. The van der Waals surface area contributed by atoms with E-state index in [9.17, 15) is 19.2 Å². The van der Waals surface area contributed by atoms with Gasteiger partial charge in [-0.05, 0) is 140 Å². The van der Waals surface area contributed by atoms with Gasteiger partial charge in [-0.3, -0.25) is 38.6 Å². The lowest BCUT2D eigenvalue weighted by atomic mass is 9.80. The highest BCUT2D eigenvalue weighted by Gasteiger charge is 2.42. The molecule has 6 amide bonds. The van der Waals surface area contributed by atoms with E-state index in [1.54, 1.807) is 62.4 Å². The van der Waals surface area contributed by atoms with Gasteiger partial charge in [-0.1, -0.05) is 83.9 Å². The molecule has 0 aliphatic carbocycles. The molecule has 18 nitrogen and oxygen atoms in total. The van der Waals surface area contributed by atoms with Crippen LogP contribution in [0.1, 0.15) is 103 Å². The number of nitrogens with one attached hydrogen (secondary N) is 2. The topological polar surface area (TPSA) is 222 Å². The molecule has 2 N–H and O–H groups in total. The van der Waals surface area contributed by atoms with Crippen LogP contribution in [0.15, 0.2) is 146 Å². The Balaban J connectivity index is 1.16. The molecule has 9 aromatic carbocycles. The molecule has 0 unspecified atom stereocenters. The van der Waals surface area contributed by atoms with Gasteiger partial charge in [0.15, 0.2) is 0 Å². The molecule has 18 heteroatoms. The second-order valence-corrected chi connectivity index (χ2v) is 22.7. The van der Waals surface area contributed by atoms with Crippen LogP contribution in [0.2, 0.25) is 0 Å². The van der Waals surface area contributed by atoms with E-state index in [0.29, 0.717) is 48.7 Å². The molecule has 0 fully saturated rings. The van der Waals surface area contributed by atoms with Gasteiger partial charge in [0, 0.05) is 67.3 Å². The van der Waals surface area contributed by atoms with Crippen LogP contribution in [-0.4, -0.2) is 96.6 Å². The second kappa shape index (κ2) is 25.4. The molecule has 90 heavy (non-hydrogen) atoms. The first-order chi connectivity index (χ1) is 43.2. The quantitative estimate of drug-likeness (QED) is 0.0143. The van der Waals surface area contributed by atoms with E-state index in [0.717, 1.165) is 32.1 Å². The van der Waals surface area contributed by atoms with Gasteiger partial charge in [0.2, 0.25) is 11.8 Å². The Morgan fingerprint density at radius 1 is 0.378 bits per heavy atom. The van der Waals surface area contributed by atoms with Crippen LogP contribution < -0.4 is 29.6 Å². The predicted octanol–water partition coefficient (Wildman–Crippen LogP) is 13.4. The summed E-state index contributed by atoms with van der Waals surface area (Å²) in [6.45, 7) is 17.2. The number of unbranched alkanes of at least 4 members (excludes halogenated alkanes) is 2. The summed E-state index contributed by atoms with van der Waals surface area (Å²) in [5.41, 5.74) is 4.25. The molecule has 9 aromatic rings. The maximum atomic E-state index is 15.4. The van der Waals surface area contributed by atoms with E-state index in [1.807, 2.05) is 76.2 Å². The number of benzene rings is 9. The number of imide groups is 2. The van der Waals surface area contributed by atoms with Crippen LogP contribution in [0.3, 0.4) is 0 Å². The first-order valence-corrected chi connectivity index (χ1v) is 29.5. The lowest BCUT2D eigenvalue weighted by Crippen LogP contribution is -2.46. The average molecular weight is 1210 g/mol. The highest BCUT2D eigenvalue weighted by atomic mass is 16.5. The second-order valence-electron chi connectivity index (χ2n) is 22.7. The average Bonchev–Trinajstić information content (AvgIpc) is 0.675. The summed E-state index contributed by atoms with van der Waals surface area (Å²) in [4.78, 5) is 115. The third-order valence-corrected chi connectivity index (χ3v) is 15.6. The third-order valence-electron chi connectivity index (χ3n) is 15.6. The summed E-state index contributed by atoms with van der Waals surface area (Å²) in [6.07, 6.45) is 1.69. The monoisotopic (exact) mass is 1210 g/mol. The Morgan fingerprint density at radius 2 is 0.633 bits per heavy atom. The number of fused-ring (bicyclic) bond motifs is 2. The van der Waals surface area contributed by atoms with Crippen molar-refractivity contribution in [2.75, 3.05) is 39.4 Å². The number of hydrogen-bond acceptors (Lipinski definition) is 14. The van der Waals surface area contributed by atoms with Crippen LogP contribution >= 0.6 is 0 Å². The lowest BCUT2D eigenvalue weighted by Gasteiger charge is -2.32. The molecule has 0 saturated heterocycles. The van der Waals surface area contributed by atoms with Crippen LogP contribution in [-0.2, 0) is 28.7 Å². The Hall–Kier alpha value is -10.9. The molecule has 2 heterocycles. The highest BCUT2D eigenvalue weighted by molar-refractivity contribution is 6.45. The summed E-state index contributed by atoms with van der Waals surface area (Å²) in [5.74, 6) is -3.76. The number of hydrogen-bond donors (Lipinski definition) is 2. The molecular weight excluding hydrogens is 1140 g/mol. The van der Waals surface area contributed by atoms with E-state index in [4.69, 9.17) is 28.4 Å². The fourth-order valence-electron chi connectivity index (χ4n) is 11.0. The number of rotatable bonds is 24. The smallest absolute Gasteiger partial charge is 0.333 e. The number of aryl methyl sites for hydroxylation is 4. The van der Waals surface area contributed by atoms with Crippen molar-refractivity contribution in [2.24, 2.45) is 0 Å². The Labute approximate surface area is 518 Å². The molecule has 0 atom stereocenters. The van der Waals surface area contributed by atoms with Gasteiger partial charge in [-0.25, -0.2) is 9.59 Å². The largest absolute Gasteiger partial charge is 0.462 e. The van der Waals surface area contributed by atoms with Gasteiger partial charge in [-0.15, -0.1) is 0 Å². The lowest BCUT2D eigenvalue weighted by molar-refractivity contribution is -0.139. The fraction of sp³-hybridized carbons (Fsp3) is 0.222. The maximum Gasteiger partial charge on any atom is 0.333 e. The summed E-state index contributed by atoms with van der Waals surface area (Å²) in [5, 5.41) is 7.68. The first-order valence-electron chi connectivity index (χ1n) is 29.5. The third kappa shape index (κ3) is 12.2. The van der Waals surface area contributed by atoms with Crippen molar-refractivity contribution in [3.63, 3.8) is 0 Å². The number of carbonyl (C=O) groups is 8. The molecule has 0 aromatic heterocycles. The van der Waals surface area contributed by atoms with Crippen LogP contribution in [0.5, 0.6) is 46.0 Å². The minimum absolute atomic E-state index is 0.00210. The molecule has 0 saturated carbocycles. The van der Waals surface area contributed by atoms with Crippen molar-refractivity contribution in [2.45, 2.75) is 67.2 Å². The number of carbonyl (C=O) groups excluding carboxylic acids is 8. The predicted molar refractivity (Wildman–Crippen MR) is 339 cm³/mol. The summed E-state index contributed by atoms with van der Waals surface area (Å²) < 4.78 is 38.4. The number of nitrogens with zero attached hydrogens (tertiary/aromatic N) is 2. The van der Waals surface area contributed by atoms with E-state index in [1.165, 1.54) is 24.3 Å². The normalized spacial score (nSPS) is 12.6. The molecule has 0 spiro atoms. The van der Waals surface area contributed by atoms with Gasteiger partial charge in [0.25, 0.3) is 23.6 Å². The molecule has 456 valence electrons. The van der Waals surface area contributed by atoms with Crippen molar-refractivity contribution in [3.05, 3.63) is 190 Å². The van der Waals surface area contributed by atoms with Crippen molar-refractivity contribution in [3.8, 4) is 46.0 Å². The van der Waals surface area contributed by atoms with Crippen LogP contribution in [0.25, 0.3) is 43.1 Å². The van der Waals surface area contributed by atoms with Gasteiger partial charge < -0.3 is 39.1 Å². The van der Waals surface area contributed by atoms with E-state index < -0.39 is 60.5 Å². The van der Waals surface area contributed by atoms with Gasteiger partial charge in [0.05, 0.1) is 35.5 Å². The van der Waals surface area contributed by atoms with Gasteiger partial charge in [-0.2, -0.15) is 0 Å². The van der Waals surface area contributed by atoms with Crippen LogP contribution in [0.4, 0.5) is 0 Å². The van der Waals surface area contributed by atoms with Crippen molar-refractivity contribution >= 4 is 90.5 Å².